The zero-order valence-corrected chi connectivity index (χ0v) is 13.1. The maximum atomic E-state index is 11.2. The van der Waals surface area contributed by atoms with Crippen molar-refractivity contribution in [3.8, 4) is 0 Å². The summed E-state index contributed by atoms with van der Waals surface area (Å²) in [6.45, 7) is 2.70. The van der Waals surface area contributed by atoms with E-state index in [1.54, 1.807) is 6.07 Å². The highest BCUT2D eigenvalue weighted by atomic mass is 35.5. The van der Waals surface area contributed by atoms with Crippen molar-refractivity contribution in [3.63, 3.8) is 0 Å². The predicted molar refractivity (Wildman–Crippen MR) is 81.7 cm³/mol. The minimum absolute atomic E-state index is 0.0574. The van der Waals surface area contributed by atoms with Crippen molar-refractivity contribution in [3.05, 3.63) is 29.0 Å². The summed E-state index contributed by atoms with van der Waals surface area (Å²) in [5.74, 6) is 0.760. The fourth-order valence-electron chi connectivity index (χ4n) is 2.20. The van der Waals surface area contributed by atoms with Crippen LogP contribution in [0.1, 0.15) is 25.2 Å². The molecule has 2 N–H and O–H groups in total. The molecule has 0 spiro atoms. The fourth-order valence-corrected chi connectivity index (χ4v) is 3.05. The highest BCUT2D eigenvalue weighted by molar-refractivity contribution is 7.90. The molecule has 0 aliphatic carbocycles. The number of rotatable bonds is 5. The first kappa shape index (κ1) is 15.3. The molecule has 1 atom stereocenters. The Hall–Kier alpha value is -1.11. The maximum absolute atomic E-state index is 11.2. The van der Waals surface area contributed by atoms with Crippen LogP contribution in [0.4, 0.5) is 0 Å². The molecular weight excluding hydrogens is 298 g/mol. The molecule has 1 heterocycles. The molecule has 0 saturated carbocycles. The Morgan fingerprint density at radius 3 is 2.75 bits per heavy atom. The molecule has 7 heteroatoms. The van der Waals surface area contributed by atoms with Crippen molar-refractivity contribution in [1.82, 2.24) is 9.55 Å². The van der Waals surface area contributed by atoms with Crippen LogP contribution < -0.4 is 5.73 Å². The molecule has 5 nitrogen and oxygen atoms in total. The third kappa shape index (κ3) is 3.31. The summed E-state index contributed by atoms with van der Waals surface area (Å²) in [4.78, 5) is 4.51. The summed E-state index contributed by atoms with van der Waals surface area (Å²) in [6, 6.07) is 5.07. The van der Waals surface area contributed by atoms with Crippen LogP contribution in [0, 0.1) is 0 Å². The summed E-state index contributed by atoms with van der Waals surface area (Å²) in [6.07, 6.45) is 1.57. The average molecular weight is 316 g/mol. The highest BCUT2D eigenvalue weighted by Crippen LogP contribution is 2.24. The number of fused-ring (bicyclic) bond motifs is 1. The summed E-state index contributed by atoms with van der Waals surface area (Å²) < 4.78 is 24.5. The molecule has 0 radical (unpaired) electrons. The predicted octanol–water partition coefficient (Wildman–Crippen LogP) is 2.14. The second-order valence-electron chi connectivity index (χ2n) is 4.87. The summed E-state index contributed by atoms with van der Waals surface area (Å²) in [7, 11) is -3.02. The number of hydrogen-bond donors (Lipinski definition) is 1. The second kappa shape index (κ2) is 5.71. The van der Waals surface area contributed by atoms with E-state index in [4.69, 9.17) is 17.3 Å². The molecule has 1 aromatic carbocycles. The zero-order valence-electron chi connectivity index (χ0n) is 11.5. The number of imidazole rings is 1. The number of aromatic nitrogens is 2. The molecule has 0 bridgehead atoms. The number of nitrogens with zero attached hydrogens (tertiary/aromatic N) is 2. The normalized spacial score (nSPS) is 13.8. The minimum Gasteiger partial charge on any atom is -0.327 e. The first-order chi connectivity index (χ1) is 9.31. The molecule has 110 valence electrons. The van der Waals surface area contributed by atoms with E-state index >= 15 is 0 Å². The Morgan fingerprint density at radius 1 is 1.45 bits per heavy atom. The van der Waals surface area contributed by atoms with E-state index in [0.29, 0.717) is 23.8 Å². The largest absolute Gasteiger partial charge is 0.327 e. The van der Waals surface area contributed by atoms with Gasteiger partial charge in [-0.1, -0.05) is 11.6 Å². The smallest absolute Gasteiger partial charge is 0.147 e. The van der Waals surface area contributed by atoms with E-state index in [1.165, 1.54) is 6.26 Å². The lowest BCUT2D eigenvalue weighted by Gasteiger charge is -2.12. The summed E-state index contributed by atoms with van der Waals surface area (Å²) >= 11 is 6.01. The quantitative estimate of drug-likeness (QED) is 0.917. The molecule has 1 aromatic heterocycles. The van der Waals surface area contributed by atoms with Crippen LogP contribution in [0.15, 0.2) is 18.2 Å². The van der Waals surface area contributed by atoms with Gasteiger partial charge in [-0.15, -0.1) is 0 Å². The Bertz CT molecular complexity index is 725. The van der Waals surface area contributed by atoms with Crippen molar-refractivity contribution in [2.45, 2.75) is 25.9 Å². The molecule has 2 rings (SSSR count). The number of hydrogen-bond acceptors (Lipinski definition) is 4. The Kier molecular flexibility index (Phi) is 4.36. The van der Waals surface area contributed by atoms with E-state index in [2.05, 4.69) is 4.98 Å². The lowest BCUT2D eigenvalue weighted by Crippen LogP contribution is -2.19. The van der Waals surface area contributed by atoms with Gasteiger partial charge in [0.05, 0.1) is 22.8 Å². The molecule has 0 aliphatic heterocycles. The van der Waals surface area contributed by atoms with Crippen molar-refractivity contribution in [2.24, 2.45) is 5.73 Å². The van der Waals surface area contributed by atoms with Gasteiger partial charge >= 0.3 is 0 Å². The third-order valence-corrected chi connectivity index (χ3v) is 4.40. The van der Waals surface area contributed by atoms with Gasteiger partial charge in [0.25, 0.3) is 0 Å². The first-order valence-corrected chi connectivity index (χ1v) is 8.84. The van der Waals surface area contributed by atoms with Crippen molar-refractivity contribution in [1.29, 1.82) is 0 Å². The van der Waals surface area contributed by atoms with E-state index in [1.807, 2.05) is 23.6 Å². The van der Waals surface area contributed by atoms with Gasteiger partial charge in [0.1, 0.15) is 15.7 Å². The van der Waals surface area contributed by atoms with Gasteiger partial charge in [-0.2, -0.15) is 0 Å². The SMILES string of the molecule is CCn1c(C(N)CCS(C)(=O)=O)nc2ccc(Cl)cc21. The van der Waals surface area contributed by atoms with Gasteiger partial charge in [-0.3, -0.25) is 0 Å². The third-order valence-electron chi connectivity index (χ3n) is 3.19. The number of nitrogens with two attached hydrogens (primary N) is 1. The van der Waals surface area contributed by atoms with Crippen LogP contribution in [0.25, 0.3) is 11.0 Å². The molecule has 0 aliphatic rings. The van der Waals surface area contributed by atoms with Crippen molar-refractivity contribution < 1.29 is 8.42 Å². The number of sulfone groups is 1. The van der Waals surface area contributed by atoms with E-state index in [9.17, 15) is 8.42 Å². The zero-order chi connectivity index (χ0) is 14.9. The summed E-state index contributed by atoms with van der Waals surface area (Å²) in [5.41, 5.74) is 7.84. The standard InChI is InChI=1S/C13H18ClN3O2S/c1-3-17-12-8-9(14)4-5-11(12)16-13(17)10(15)6-7-20(2,18)19/h4-5,8,10H,3,6-7,15H2,1-2H3. The van der Waals surface area contributed by atoms with Crippen molar-refractivity contribution in [2.75, 3.05) is 12.0 Å². The number of aryl methyl sites for hydroxylation is 1. The molecule has 0 fully saturated rings. The van der Waals surface area contributed by atoms with Crippen LogP contribution in [-0.4, -0.2) is 30.0 Å². The van der Waals surface area contributed by atoms with Crippen LogP contribution in [0.3, 0.4) is 0 Å². The van der Waals surface area contributed by atoms with Gasteiger partial charge in [0, 0.05) is 17.8 Å². The fraction of sp³-hybridized carbons (Fsp3) is 0.462. The van der Waals surface area contributed by atoms with Crippen LogP contribution in [0.5, 0.6) is 0 Å². The minimum atomic E-state index is -3.02. The first-order valence-electron chi connectivity index (χ1n) is 6.41. The molecule has 0 saturated heterocycles. The number of halogens is 1. The van der Waals surface area contributed by atoms with E-state index in [-0.39, 0.29) is 5.75 Å². The highest BCUT2D eigenvalue weighted by Gasteiger charge is 2.18. The van der Waals surface area contributed by atoms with Crippen LogP contribution >= 0.6 is 11.6 Å². The molecule has 1 unspecified atom stereocenters. The Morgan fingerprint density at radius 2 is 2.15 bits per heavy atom. The number of benzene rings is 1. The lowest BCUT2D eigenvalue weighted by molar-refractivity contribution is 0.573. The second-order valence-corrected chi connectivity index (χ2v) is 7.57. The summed E-state index contributed by atoms with van der Waals surface area (Å²) in [5, 5.41) is 0.642. The van der Waals surface area contributed by atoms with Gasteiger partial charge in [-0.05, 0) is 31.5 Å². The average Bonchev–Trinajstić information content (AvgIpc) is 2.72. The Labute approximate surface area is 123 Å². The Balaban J connectivity index is 2.38. The van der Waals surface area contributed by atoms with Gasteiger partial charge in [0.2, 0.25) is 0 Å². The van der Waals surface area contributed by atoms with Gasteiger partial charge < -0.3 is 10.3 Å². The van der Waals surface area contributed by atoms with Crippen LogP contribution in [0.2, 0.25) is 5.02 Å². The topological polar surface area (TPSA) is 78.0 Å². The molecule has 20 heavy (non-hydrogen) atoms. The molecule has 2 aromatic rings. The van der Waals surface area contributed by atoms with Gasteiger partial charge in [0.15, 0.2) is 0 Å². The van der Waals surface area contributed by atoms with E-state index in [0.717, 1.165) is 11.0 Å². The van der Waals surface area contributed by atoms with Crippen molar-refractivity contribution >= 4 is 32.5 Å². The maximum Gasteiger partial charge on any atom is 0.147 e. The lowest BCUT2D eigenvalue weighted by atomic mass is 10.2. The van der Waals surface area contributed by atoms with E-state index < -0.39 is 15.9 Å². The molecule has 0 amide bonds. The monoisotopic (exact) mass is 315 g/mol. The van der Waals surface area contributed by atoms with Gasteiger partial charge in [-0.25, -0.2) is 13.4 Å². The van der Waals surface area contributed by atoms with Crippen LogP contribution in [-0.2, 0) is 16.4 Å². The molecular formula is C13H18ClN3O2S.